The summed E-state index contributed by atoms with van der Waals surface area (Å²) in [5.74, 6) is 0.00977. The van der Waals surface area contributed by atoms with E-state index in [0.717, 1.165) is 31.0 Å². The number of nitrogens with one attached hydrogen (secondary N) is 1. The van der Waals surface area contributed by atoms with Gasteiger partial charge in [-0.1, -0.05) is 0 Å². The monoisotopic (exact) mass is 294 g/mol. The van der Waals surface area contributed by atoms with Gasteiger partial charge in [-0.15, -0.1) is 0 Å². The summed E-state index contributed by atoms with van der Waals surface area (Å²) in [7, 11) is 0. The van der Waals surface area contributed by atoms with Gasteiger partial charge in [0.2, 0.25) is 5.91 Å². The number of hydrogen-bond donors (Lipinski definition) is 1. The molecule has 1 aromatic rings. The lowest BCUT2D eigenvalue weighted by atomic mass is 10.2. The second kappa shape index (κ2) is 7.04. The van der Waals surface area contributed by atoms with Crippen molar-refractivity contribution in [3.63, 3.8) is 0 Å². The SMILES string of the molecule is Cc1cc(C)n(CC(=O)NCCN2C[C@H](C)O[C@@H](C)C2)n1. The van der Waals surface area contributed by atoms with Crippen LogP contribution in [-0.4, -0.2) is 59.0 Å². The van der Waals surface area contributed by atoms with E-state index >= 15 is 0 Å². The fraction of sp³-hybridized carbons (Fsp3) is 0.733. The molecular weight excluding hydrogens is 268 g/mol. The van der Waals surface area contributed by atoms with Crippen LogP contribution in [-0.2, 0) is 16.1 Å². The fourth-order valence-electron chi connectivity index (χ4n) is 2.85. The van der Waals surface area contributed by atoms with Crippen molar-refractivity contribution < 1.29 is 9.53 Å². The van der Waals surface area contributed by atoms with Crippen molar-refractivity contribution in [2.45, 2.75) is 46.4 Å². The summed E-state index contributed by atoms with van der Waals surface area (Å²) in [5, 5.41) is 7.26. The Hall–Kier alpha value is -1.40. The molecule has 1 amide bonds. The van der Waals surface area contributed by atoms with E-state index in [-0.39, 0.29) is 24.7 Å². The van der Waals surface area contributed by atoms with Gasteiger partial charge in [0.1, 0.15) is 6.54 Å². The van der Waals surface area contributed by atoms with Crippen molar-refractivity contribution in [2.24, 2.45) is 0 Å². The Bertz CT molecular complexity index is 476. The number of carbonyl (C=O) groups excluding carboxylic acids is 1. The van der Waals surface area contributed by atoms with Crippen molar-refractivity contribution in [2.75, 3.05) is 26.2 Å². The van der Waals surface area contributed by atoms with Gasteiger partial charge in [0.15, 0.2) is 0 Å². The van der Waals surface area contributed by atoms with Crippen molar-refractivity contribution in [1.82, 2.24) is 20.0 Å². The molecule has 0 saturated carbocycles. The molecule has 0 unspecified atom stereocenters. The number of ether oxygens (including phenoxy) is 1. The van der Waals surface area contributed by atoms with Crippen LogP contribution in [0, 0.1) is 13.8 Å². The van der Waals surface area contributed by atoms with E-state index in [2.05, 4.69) is 29.2 Å². The van der Waals surface area contributed by atoms with E-state index < -0.39 is 0 Å². The summed E-state index contributed by atoms with van der Waals surface area (Å²) in [6, 6.07) is 1.98. The van der Waals surface area contributed by atoms with Crippen LogP contribution in [0.25, 0.3) is 0 Å². The van der Waals surface area contributed by atoms with Crippen LogP contribution >= 0.6 is 0 Å². The molecule has 2 heterocycles. The van der Waals surface area contributed by atoms with Gasteiger partial charge in [0.05, 0.1) is 17.9 Å². The first-order chi connectivity index (χ1) is 9.94. The zero-order valence-corrected chi connectivity index (χ0v) is 13.4. The second-order valence-electron chi connectivity index (χ2n) is 5.95. The molecule has 0 radical (unpaired) electrons. The molecule has 0 bridgehead atoms. The van der Waals surface area contributed by atoms with Crippen LogP contribution in [0.5, 0.6) is 0 Å². The highest BCUT2D eigenvalue weighted by Crippen LogP contribution is 2.09. The molecule has 1 saturated heterocycles. The lowest BCUT2D eigenvalue weighted by Crippen LogP contribution is -2.48. The van der Waals surface area contributed by atoms with Gasteiger partial charge in [-0.2, -0.15) is 5.10 Å². The quantitative estimate of drug-likeness (QED) is 0.869. The number of morpholine rings is 1. The molecule has 21 heavy (non-hydrogen) atoms. The third-order valence-corrected chi connectivity index (χ3v) is 3.64. The topological polar surface area (TPSA) is 59.4 Å². The average Bonchev–Trinajstić information content (AvgIpc) is 2.66. The average molecular weight is 294 g/mol. The smallest absolute Gasteiger partial charge is 0.241 e. The molecular formula is C15H26N4O2. The first kappa shape index (κ1) is 16.0. The number of amides is 1. The largest absolute Gasteiger partial charge is 0.373 e. The van der Waals surface area contributed by atoms with Gasteiger partial charge >= 0.3 is 0 Å². The highest BCUT2D eigenvalue weighted by Gasteiger charge is 2.21. The van der Waals surface area contributed by atoms with Crippen molar-refractivity contribution in [3.8, 4) is 0 Å². The van der Waals surface area contributed by atoms with Gasteiger partial charge in [-0.25, -0.2) is 0 Å². The van der Waals surface area contributed by atoms with Gasteiger partial charge in [-0.05, 0) is 33.8 Å². The Balaban J connectivity index is 1.71. The minimum Gasteiger partial charge on any atom is -0.373 e. The Kier molecular flexibility index (Phi) is 5.36. The first-order valence-corrected chi connectivity index (χ1v) is 7.59. The maximum atomic E-state index is 11.9. The maximum absolute atomic E-state index is 11.9. The van der Waals surface area contributed by atoms with Gasteiger partial charge in [0, 0.05) is 31.9 Å². The maximum Gasteiger partial charge on any atom is 0.241 e. The summed E-state index contributed by atoms with van der Waals surface area (Å²) in [4.78, 5) is 14.3. The zero-order valence-electron chi connectivity index (χ0n) is 13.4. The standard InChI is InChI=1S/C15H26N4O2/c1-11-7-12(2)19(17-11)10-15(20)16-5-6-18-8-13(3)21-14(4)9-18/h7,13-14H,5-6,8-10H2,1-4H3,(H,16,20)/t13-,14-/m0/s1. The van der Waals surface area contributed by atoms with Crippen LogP contribution in [0.15, 0.2) is 6.07 Å². The van der Waals surface area contributed by atoms with Gasteiger partial charge in [-0.3, -0.25) is 14.4 Å². The lowest BCUT2D eigenvalue weighted by Gasteiger charge is -2.35. The van der Waals surface area contributed by atoms with Gasteiger partial charge in [0.25, 0.3) is 0 Å². The lowest BCUT2D eigenvalue weighted by molar-refractivity contribution is -0.122. The number of aryl methyl sites for hydroxylation is 2. The summed E-state index contributed by atoms with van der Waals surface area (Å²) < 4.78 is 7.44. The Morgan fingerprint density at radius 3 is 2.62 bits per heavy atom. The van der Waals surface area contributed by atoms with Crippen LogP contribution in [0.3, 0.4) is 0 Å². The van der Waals surface area contributed by atoms with E-state index in [4.69, 9.17) is 4.74 Å². The predicted octanol–water partition coefficient (Wildman–Crippen LogP) is 0.725. The Labute approximate surface area is 126 Å². The summed E-state index contributed by atoms with van der Waals surface area (Å²) in [6.07, 6.45) is 0.526. The third-order valence-electron chi connectivity index (χ3n) is 3.64. The summed E-state index contributed by atoms with van der Waals surface area (Å²) in [6.45, 7) is 11.7. The van der Waals surface area contributed by atoms with E-state index in [0.29, 0.717) is 6.54 Å². The minimum absolute atomic E-state index is 0.00977. The molecule has 2 rings (SSSR count). The molecule has 1 aromatic heterocycles. The Morgan fingerprint density at radius 2 is 2.05 bits per heavy atom. The number of rotatable bonds is 5. The van der Waals surface area contributed by atoms with Crippen molar-refractivity contribution in [3.05, 3.63) is 17.5 Å². The molecule has 6 heteroatoms. The first-order valence-electron chi connectivity index (χ1n) is 7.59. The van der Waals surface area contributed by atoms with Crippen LogP contribution in [0.4, 0.5) is 0 Å². The van der Waals surface area contributed by atoms with Crippen molar-refractivity contribution >= 4 is 5.91 Å². The van der Waals surface area contributed by atoms with E-state index in [1.165, 1.54) is 0 Å². The molecule has 0 spiro atoms. The van der Waals surface area contributed by atoms with E-state index in [1.807, 2.05) is 19.9 Å². The summed E-state index contributed by atoms with van der Waals surface area (Å²) >= 11 is 0. The molecule has 0 aromatic carbocycles. The van der Waals surface area contributed by atoms with Crippen molar-refractivity contribution in [1.29, 1.82) is 0 Å². The molecule has 2 atom stereocenters. The summed E-state index contributed by atoms with van der Waals surface area (Å²) in [5.41, 5.74) is 1.95. The highest BCUT2D eigenvalue weighted by molar-refractivity contribution is 5.75. The van der Waals surface area contributed by atoms with E-state index in [9.17, 15) is 4.79 Å². The van der Waals surface area contributed by atoms with Crippen LogP contribution in [0.2, 0.25) is 0 Å². The normalized spacial score (nSPS) is 23.2. The van der Waals surface area contributed by atoms with Crippen LogP contribution in [0.1, 0.15) is 25.2 Å². The molecule has 1 fully saturated rings. The highest BCUT2D eigenvalue weighted by atomic mass is 16.5. The molecule has 1 N–H and O–H groups in total. The molecule has 118 valence electrons. The molecule has 6 nitrogen and oxygen atoms in total. The van der Waals surface area contributed by atoms with Gasteiger partial charge < -0.3 is 10.1 Å². The molecule has 1 aliphatic heterocycles. The van der Waals surface area contributed by atoms with Crippen LogP contribution < -0.4 is 5.32 Å². The minimum atomic E-state index is 0.00977. The fourth-order valence-corrected chi connectivity index (χ4v) is 2.85. The zero-order chi connectivity index (χ0) is 15.4. The number of aromatic nitrogens is 2. The predicted molar refractivity (Wildman–Crippen MR) is 81.2 cm³/mol. The third kappa shape index (κ3) is 4.82. The molecule has 1 aliphatic rings. The van der Waals surface area contributed by atoms with E-state index in [1.54, 1.807) is 4.68 Å². The Morgan fingerprint density at radius 1 is 1.38 bits per heavy atom. The molecule has 0 aliphatic carbocycles. The number of nitrogens with zero attached hydrogens (tertiary/aromatic N) is 3. The second-order valence-corrected chi connectivity index (χ2v) is 5.95. The number of hydrogen-bond acceptors (Lipinski definition) is 4. The number of carbonyl (C=O) groups is 1.